The summed E-state index contributed by atoms with van der Waals surface area (Å²) < 4.78 is 46.0. The lowest BCUT2D eigenvalue weighted by atomic mass is 9.87. The third kappa shape index (κ3) is 4.05. The minimum absolute atomic E-state index is 0.0622. The van der Waals surface area contributed by atoms with Gasteiger partial charge in [-0.05, 0) is 52.3 Å². The molecule has 5 nitrogen and oxygen atoms in total. The Morgan fingerprint density at radius 1 is 1.28 bits per heavy atom. The molecule has 1 aromatic rings. The third-order valence-corrected chi connectivity index (χ3v) is 3.65. The molecule has 0 saturated carbocycles. The van der Waals surface area contributed by atoms with Crippen LogP contribution in [0.2, 0.25) is 0 Å². The average Bonchev–Trinajstić information content (AvgIpc) is 2.82. The van der Waals surface area contributed by atoms with Crippen LogP contribution in [0.3, 0.4) is 0 Å². The second kappa shape index (κ2) is 6.24. The number of oxime groups is 1. The molecule has 1 heterocycles. The summed E-state index contributed by atoms with van der Waals surface area (Å²) in [6.07, 6.45) is -5.67. The maximum Gasteiger partial charge on any atom is 0.435 e. The molecular formula is C17H21F3N2O3. The molecule has 0 bridgehead atoms. The van der Waals surface area contributed by atoms with Gasteiger partial charge in [-0.2, -0.15) is 13.2 Å². The van der Waals surface area contributed by atoms with Crippen molar-refractivity contribution in [2.75, 3.05) is 5.32 Å². The molecular weight excluding hydrogens is 337 g/mol. The first-order valence-electron chi connectivity index (χ1n) is 7.73. The predicted molar refractivity (Wildman–Crippen MR) is 87.6 cm³/mol. The number of rotatable bonds is 2. The van der Waals surface area contributed by atoms with Gasteiger partial charge < -0.3 is 9.57 Å². The number of alkyl halides is 3. The molecule has 1 N–H and O–H groups in total. The molecule has 0 fully saturated rings. The molecule has 25 heavy (non-hydrogen) atoms. The number of carbonyl (C=O) groups is 1. The first-order valence-corrected chi connectivity index (χ1v) is 7.73. The topological polar surface area (TPSA) is 59.9 Å². The van der Waals surface area contributed by atoms with E-state index in [0.29, 0.717) is 11.3 Å². The molecule has 1 atom stereocenters. The summed E-state index contributed by atoms with van der Waals surface area (Å²) in [5.74, 6) is 0. The molecule has 138 valence electrons. The third-order valence-electron chi connectivity index (χ3n) is 3.65. The fraction of sp³-hybridized carbons (Fsp3) is 0.529. The van der Waals surface area contributed by atoms with E-state index in [2.05, 4.69) is 10.5 Å². The Hall–Kier alpha value is -2.25. The molecule has 1 amide bonds. The number of carbonyl (C=O) groups excluding carboxylic acids is 1. The maximum atomic E-state index is 13.6. The van der Waals surface area contributed by atoms with Gasteiger partial charge in [0.15, 0.2) is 0 Å². The van der Waals surface area contributed by atoms with Crippen molar-refractivity contribution in [3.8, 4) is 0 Å². The van der Waals surface area contributed by atoms with E-state index in [-0.39, 0.29) is 17.7 Å². The number of halogens is 3. The lowest BCUT2D eigenvalue weighted by Crippen LogP contribution is -2.42. The van der Waals surface area contributed by atoms with Gasteiger partial charge in [0.1, 0.15) is 5.60 Å². The highest BCUT2D eigenvalue weighted by molar-refractivity contribution is 5.86. The summed E-state index contributed by atoms with van der Waals surface area (Å²) in [7, 11) is 0. The Morgan fingerprint density at radius 2 is 1.92 bits per heavy atom. The minimum atomic E-state index is -4.62. The van der Waals surface area contributed by atoms with E-state index in [4.69, 9.17) is 9.57 Å². The van der Waals surface area contributed by atoms with Crippen LogP contribution in [0.4, 0.5) is 23.7 Å². The van der Waals surface area contributed by atoms with Crippen LogP contribution in [0.25, 0.3) is 0 Å². The quantitative estimate of drug-likeness (QED) is 0.818. The van der Waals surface area contributed by atoms with Crippen molar-refractivity contribution in [1.82, 2.24) is 0 Å². The number of anilines is 1. The second-order valence-electron chi connectivity index (χ2n) is 7.08. The maximum absolute atomic E-state index is 13.6. The Kier molecular flexibility index (Phi) is 4.76. The molecule has 1 unspecified atom stereocenters. The van der Waals surface area contributed by atoms with Crippen LogP contribution in [0.15, 0.2) is 23.4 Å². The summed E-state index contributed by atoms with van der Waals surface area (Å²) in [5.41, 5.74) is -2.14. The van der Waals surface area contributed by atoms with Gasteiger partial charge in [-0.15, -0.1) is 0 Å². The van der Waals surface area contributed by atoms with E-state index in [1.165, 1.54) is 25.1 Å². The number of aryl methyl sites for hydroxylation is 1. The molecule has 0 aromatic heterocycles. The number of nitrogens with zero attached hydrogens (tertiary/aromatic N) is 1. The SMILES string of the molecule is CC1=NOC(c2ccc(NC(=O)OC(C)(C)C)c(C)c2)(C(F)(F)F)C1. The highest BCUT2D eigenvalue weighted by Gasteiger charge is 2.61. The molecule has 0 saturated heterocycles. The zero-order chi connectivity index (χ0) is 19.0. The molecule has 2 rings (SSSR count). The normalized spacial score (nSPS) is 20.7. The van der Waals surface area contributed by atoms with Crippen LogP contribution in [0, 0.1) is 6.92 Å². The first kappa shape index (κ1) is 19.1. The summed E-state index contributed by atoms with van der Waals surface area (Å²) >= 11 is 0. The first-order chi connectivity index (χ1) is 11.3. The minimum Gasteiger partial charge on any atom is -0.444 e. The van der Waals surface area contributed by atoms with Crippen molar-refractivity contribution in [2.24, 2.45) is 5.16 Å². The van der Waals surface area contributed by atoms with Gasteiger partial charge >= 0.3 is 12.3 Å². The standard InChI is InChI=1S/C17H21F3N2O3/c1-10-8-12(16(17(18,19)20)9-11(2)22-25-16)6-7-13(10)21-14(23)24-15(3,4)5/h6-8H,9H2,1-5H3,(H,21,23). The summed E-state index contributed by atoms with van der Waals surface area (Å²) in [5, 5.41) is 6.01. The van der Waals surface area contributed by atoms with Gasteiger partial charge in [0.25, 0.3) is 5.60 Å². The van der Waals surface area contributed by atoms with E-state index >= 15 is 0 Å². The lowest BCUT2D eigenvalue weighted by Gasteiger charge is -2.30. The van der Waals surface area contributed by atoms with E-state index in [1.54, 1.807) is 27.7 Å². The lowest BCUT2D eigenvalue weighted by molar-refractivity contribution is -0.275. The molecule has 0 radical (unpaired) electrons. The smallest absolute Gasteiger partial charge is 0.435 e. The van der Waals surface area contributed by atoms with Crippen molar-refractivity contribution in [3.05, 3.63) is 29.3 Å². The van der Waals surface area contributed by atoms with E-state index in [0.717, 1.165) is 0 Å². The second-order valence-corrected chi connectivity index (χ2v) is 7.08. The van der Waals surface area contributed by atoms with Crippen LogP contribution >= 0.6 is 0 Å². The van der Waals surface area contributed by atoms with Gasteiger partial charge in [0.2, 0.25) is 0 Å². The number of hydrogen-bond donors (Lipinski definition) is 1. The van der Waals surface area contributed by atoms with Crippen LogP contribution < -0.4 is 5.32 Å². The number of amides is 1. The van der Waals surface area contributed by atoms with Gasteiger partial charge in [-0.3, -0.25) is 5.32 Å². The van der Waals surface area contributed by atoms with Crippen molar-refractivity contribution < 1.29 is 27.5 Å². The van der Waals surface area contributed by atoms with Crippen molar-refractivity contribution in [3.63, 3.8) is 0 Å². The molecule has 1 aliphatic heterocycles. The Labute approximate surface area is 144 Å². The highest BCUT2D eigenvalue weighted by atomic mass is 19.4. The highest BCUT2D eigenvalue weighted by Crippen LogP contribution is 2.48. The zero-order valence-electron chi connectivity index (χ0n) is 14.7. The fourth-order valence-corrected chi connectivity index (χ4v) is 2.52. The molecule has 1 aliphatic rings. The van der Waals surface area contributed by atoms with Crippen LogP contribution in [-0.2, 0) is 15.2 Å². The van der Waals surface area contributed by atoms with Crippen LogP contribution in [-0.4, -0.2) is 23.6 Å². The number of ether oxygens (including phenoxy) is 1. The summed E-state index contributed by atoms with van der Waals surface area (Å²) in [6, 6.07) is 4.02. The van der Waals surface area contributed by atoms with Crippen molar-refractivity contribution in [1.29, 1.82) is 0 Å². The zero-order valence-corrected chi connectivity index (χ0v) is 14.7. The van der Waals surface area contributed by atoms with Crippen LogP contribution in [0.5, 0.6) is 0 Å². The Balaban J connectivity index is 2.28. The van der Waals surface area contributed by atoms with E-state index < -0.39 is 23.5 Å². The van der Waals surface area contributed by atoms with Gasteiger partial charge in [-0.1, -0.05) is 11.2 Å². The predicted octanol–water partition coefficient (Wildman–Crippen LogP) is 4.90. The van der Waals surface area contributed by atoms with Gasteiger partial charge in [0.05, 0.1) is 5.71 Å². The number of benzene rings is 1. The molecule has 1 aromatic carbocycles. The Bertz CT molecular complexity index is 708. The molecule has 0 spiro atoms. The number of nitrogens with one attached hydrogen (secondary N) is 1. The van der Waals surface area contributed by atoms with Crippen molar-refractivity contribution >= 4 is 17.5 Å². The van der Waals surface area contributed by atoms with E-state index in [9.17, 15) is 18.0 Å². The average molecular weight is 358 g/mol. The monoisotopic (exact) mass is 358 g/mol. The number of hydrogen-bond acceptors (Lipinski definition) is 4. The van der Waals surface area contributed by atoms with Gasteiger partial charge in [-0.25, -0.2) is 4.79 Å². The fourth-order valence-electron chi connectivity index (χ4n) is 2.52. The summed E-state index contributed by atoms with van der Waals surface area (Å²) in [4.78, 5) is 16.6. The Morgan fingerprint density at radius 3 is 2.36 bits per heavy atom. The molecule has 0 aliphatic carbocycles. The largest absolute Gasteiger partial charge is 0.444 e. The van der Waals surface area contributed by atoms with E-state index in [1.807, 2.05) is 0 Å². The van der Waals surface area contributed by atoms with Crippen LogP contribution in [0.1, 0.15) is 45.2 Å². The van der Waals surface area contributed by atoms with Gasteiger partial charge in [0, 0.05) is 17.7 Å². The molecule has 8 heteroatoms. The van der Waals surface area contributed by atoms with Crippen molar-refractivity contribution in [2.45, 2.75) is 58.4 Å². The summed E-state index contributed by atoms with van der Waals surface area (Å²) in [6.45, 7) is 8.24.